The first kappa shape index (κ1) is 43.1. The summed E-state index contributed by atoms with van der Waals surface area (Å²) in [5, 5.41) is 5.02. The lowest BCUT2D eigenvalue weighted by Crippen LogP contribution is -2.26. The van der Waals surface area contributed by atoms with E-state index in [9.17, 15) is 0 Å². The maximum atomic E-state index is 2.50. The Bertz CT molecular complexity index is 4370. The molecule has 0 amide bonds. The predicted molar refractivity (Wildman–Crippen MR) is 315 cm³/mol. The quantitative estimate of drug-likeness (QED) is 0.155. The number of hydrogen-bond donors (Lipinski definition) is 0. The summed E-state index contributed by atoms with van der Waals surface area (Å²) in [6.45, 7) is 4.53. The van der Waals surface area contributed by atoms with Crippen LogP contribution >= 0.6 is 0 Å². The van der Waals surface area contributed by atoms with E-state index in [0.717, 1.165) is 17.1 Å². The van der Waals surface area contributed by atoms with Crippen LogP contribution in [0.2, 0.25) is 0 Å². The lowest BCUT2D eigenvalue weighted by molar-refractivity contribution is 0.793. The lowest BCUT2D eigenvalue weighted by atomic mass is 9.70. The van der Waals surface area contributed by atoms with Crippen LogP contribution in [-0.2, 0) is 5.41 Å². The number of aromatic nitrogens is 1. The molecule has 1 aromatic heterocycles. The summed E-state index contributed by atoms with van der Waals surface area (Å²) in [5.41, 5.74) is 26.9. The van der Waals surface area contributed by atoms with Crippen LogP contribution in [0.15, 0.2) is 267 Å². The van der Waals surface area contributed by atoms with E-state index in [0.29, 0.717) is 0 Å². The van der Waals surface area contributed by atoms with Gasteiger partial charge >= 0.3 is 0 Å². The predicted octanol–water partition coefficient (Wildman–Crippen LogP) is 19.4. The van der Waals surface area contributed by atoms with Crippen LogP contribution in [-0.4, -0.2) is 4.57 Å². The molecule has 2 aliphatic carbocycles. The van der Waals surface area contributed by atoms with Crippen LogP contribution in [0.4, 0.5) is 17.1 Å². The Labute approximate surface area is 437 Å². The van der Waals surface area contributed by atoms with Gasteiger partial charge in [0.05, 0.1) is 16.4 Å². The molecule has 13 aromatic rings. The second-order valence-electron chi connectivity index (χ2n) is 20.5. The molecule has 0 saturated carbocycles. The van der Waals surface area contributed by atoms with Crippen LogP contribution in [0, 0.1) is 13.8 Å². The van der Waals surface area contributed by atoms with Crippen molar-refractivity contribution in [1.82, 2.24) is 4.57 Å². The maximum absolute atomic E-state index is 2.50. The Morgan fingerprint density at radius 1 is 0.293 bits per heavy atom. The second kappa shape index (κ2) is 16.8. The van der Waals surface area contributed by atoms with E-state index < -0.39 is 5.41 Å². The van der Waals surface area contributed by atoms with Crippen molar-refractivity contribution in [3.63, 3.8) is 0 Å². The normalized spacial score (nSPS) is 12.8. The van der Waals surface area contributed by atoms with Crippen LogP contribution in [0.3, 0.4) is 0 Å². The molecule has 0 N–H and O–H groups in total. The summed E-state index contributed by atoms with van der Waals surface area (Å²) in [5.74, 6) is 0. The van der Waals surface area contributed by atoms with Gasteiger partial charge in [-0.2, -0.15) is 0 Å². The number of fused-ring (bicyclic) bond motifs is 14. The zero-order valence-corrected chi connectivity index (χ0v) is 41.8. The van der Waals surface area contributed by atoms with Crippen molar-refractivity contribution in [2.75, 3.05) is 4.90 Å². The molecule has 0 unspecified atom stereocenters. The average molecular weight is 955 g/mol. The third-order valence-corrected chi connectivity index (χ3v) is 16.5. The number of nitrogens with zero attached hydrogens (tertiary/aromatic N) is 2. The molecule has 2 heteroatoms. The molecule has 2 aliphatic rings. The highest BCUT2D eigenvalue weighted by atomic mass is 15.1. The SMILES string of the molecule is Cc1cc(-c2ccc3c(c2)c2ccccc2n3-c2ccccc2)ccc1-c1ccc(N(c2ccc(-c3cccc4ccccc34)cc2)c2ccc3c(c2)C2(c4ccccc4-c4ccccc42)c2ccccc2-3)cc1C. The molecule has 12 aromatic carbocycles. The van der Waals surface area contributed by atoms with Crippen molar-refractivity contribution in [1.29, 1.82) is 0 Å². The van der Waals surface area contributed by atoms with Crippen LogP contribution < -0.4 is 4.90 Å². The highest BCUT2D eigenvalue weighted by molar-refractivity contribution is 6.10. The van der Waals surface area contributed by atoms with Crippen molar-refractivity contribution in [3.8, 4) is 61.3 Å². The van der Waals surface area contributed by atoms with E-state index in [1.165, 1.54) is 127 Å². The zero-order valence-electron chi connectivity index (χ0n) is 41.8. The third kappa shape index (κ3) is 6.46. The third-order valence-electron chi connectivity index (χ3n) is 16.5. The molecule has 15 rings (SSSR count). The molecule has 0 radical (unpaired) electrons. The van der Waals surface area contributed by atoms with Gasteiger partial charge in [-0.3, -0.25) is 0 Å². The molecule has 0 aliphatic heterocycles. The van der Waals surface area contributed by atoms with Gasteiger partial charge < -0.3 is 9.47 Å². The zero-order chi connectivity index (χ0) is 49.8. The molecule has 0 saturated heterocycles. The molecule has 75 heavy (non-hydrogen) atoms. The van der Waals surface area contributed by atoms with Gasteiger partial charge in [0, 0.05) is 33.5 Å². The minimum Gasteiger partial charge on any atom is -0.310 e. The first-order valence-electron chi connectivity index (χ1n) is 26.2. The van der Waals surface area contributed by atoms with Gasteiger partial charge in [-0.15, -0.1) is 0 Å². The summed E-state index contributed by atoms with van der Waals surface area (Å²) in [4.78, 5) is 2.47. The molecule has 1 spiro atoms. The number of anilines is 3. The number of hydrogen-bond acceptors (Lipinski definition) is 1. The first-order valence-corrected chi connectivity index (χ1v) is 26.2. The van der Waals surface area contributed by atoms with Gasteiger partial charge in [0.2, 0.25) is 0 Å². The van der Waals surface area contributed by atoms with E-state index >= 15 is 0 Å². The van der Waals surface area contributed by atoms with Crippen LogP contribution in [0.5, 0.6) is 0 Å². The first-order chi connectivity index (χ1) is 37.0. The maximum Gasteiger partial charge on any atom is 0.0726 e. The van der Waals surface area contributed by atoms with Gasteiger partial charge in [-0.05, 0) is 180 Å². The molecule has 1 heterocycles. The molecular formula is C73H50N2. The Hall–Kier alpha value is -9.50. The summed E-state index contributed by atoms with van der Waals surface area (Å²) in [7, 11) is 0. The van der Waals surface area contributed by atoms with Crippen molar-refractivity contribution in [2.24, 2.45) is 0 Å². The number of para-hydroxylation sites is 2. The highest BCUT2D eigenvalue weighted by Crippen LogP contribution is 2.63. The number of aryl methyl sites for hydroxylation is 2. The van der Waals surface area contributed by atoms with Gasteiger partial charge in [0.25, 0.3) is 0 Å². The molecular weight excluding hydrogens is 905 g/mol. The van der Waals surface area contributed by atoms with E-state index in [1.54, 1.807) is 0 Å². The Balaban J connectivity index is 0.850. The Morgan fingerprint density at radius 2 is 0.773 bits per heavy atom. The Kier molecular flexibility index (Phi) is 9.65. The summed E-state index contributed by atoms with van der Waals surface area (Å²) in [6.07, 6.45) is 0. The lowest BCUT2D eigenvalue weighted by Gasteiger charge is -2.32. The molecule has 0 fully saturated rings. The standard InChI is InChI=1S/C73H50N2/c1-47-43-51(52-34-42-72-66(45-52)65-25-11-15-30-71(65)75(72)53-19-4-3-5-20-53)33-39-57(47)58-40-37-55(44-48(58)2)74(54-35-31-50(32-36-54)60-26-16-18-49-17-6-7-21-59(49)60)56-38-41-64-63-24-10-14-29-69(63)73(70(64)46-56)67-27-12-8-22-61(67)62-23-9-13-28-68(62)73/h3-46H,1-2H3. The van der Waals surface area contributed by atoms with Gasteiger partial charge in [0.15, 0.2) is 0 Å². The topological polar surface area (TPSA) is 8.17 Å². The number of rotatable bonds is 7. The van der Waals surface area contributed by atoms with Crippen LogP contribution in [0.1, 0.15) is 33.4 Å². The van der Waals surface area contributed by atoms with Gasteiger partial charge in [-0.25, -0.2) is 0 Å². The van der Waals surface area contributed by atoms with Crippen LogP contribution in [0.25, 0.3) is 93.9 Å². The molecule has 0 atom stereocenters. The fourth-order valence-electron chi connectivity index (χ4n) is 13.2. The van der Waals surface area contributed by atoms with Crippen molar-refractivity contribution >= 4 is 49.6 Å². The molecule has 0 bridgehead atoms. The van der Waals surface area contributed by atoms with Gasteiger partial charge in [0.1, 0.15) is 0 Å². The highest BCUT2D eigenvalue weighted by Gasteiger charge is 2.51. The van der Waals surface area contributed by atoms with E-state index in [4.69, 9.17) is 0 Å². The van der Waals surface area contributed by atoms with E-state index in [1.807, 2.05) is 0 Å². The Morgan fingerprint density at radius 3 is 1.47 bits per heavy atom. The largest absolute Gasteiger partial charge is 0.310 e. The summed E-state index contributed by atoms with van der Waals surface area (Å²) >= 11 is 0. The van der Waals surface area contributed by atoms with Crippen molar-refractivity contribution < 1.29 is 0 Å². The second-order valence-corrected chi connectivity index (χ2v) is 20.5. The minimum absolute atomic E-state index is 0.449. The monoisotopic (exact) mass is 954 g/mol. The minimum atomic E-state index is -0.449. The fraction of sp³-hybridized carbons (Fsp3) is 0.0411. The fourth-order valence-corrected chi connectivity index (χ4v) is 13.2. The van der Waals surface area contributed by atoms with Crippen molar-refractivity contribution in [3.05, 3.63) is 300 Å². The molecule has 352 valence electrons. The summed E-state index contributed by atoms with van der Waals surface area (Å²) in [6, 6.07) is 99.3. The number of benzene rings is 12. The van der Waals surface area contributed by atoms with E-state index in [-0.39, 0.29) is 0 Å². The summed E-state index contributed by atoms with van der Waals surface area (Å²) < 4.78 is 2.38. The average Bonchev–Trinajstić information content (AvgIpc) is 4.10. The smallest absolute Gasteiger partial charge is 0.0726 e. The van der Waals surface area contributed by atoms with Crippen molar-refractivity contribution in [2.45, 2.75) is 19.3 Å². The van der Waals surface area contributed by atoms with Gasteiger partial charge in [-0.1, -0.05) is 200 Å². The van der Waals surface area contributed by atoms with E-state index in [2.05, 4.69) is 290 Å². The molecule has 2 nitrogen and oxygen atoms in total.